The number of hydrogen-bond donors (Lipinski definition) is 0. The van der Waals surface area contributed by atoms with Gasteiger partial charge in [-0.3, -0.25) is 0 Å². The van der Waals surface area contributed by atoms with Gasteiger partial charge in [-0.05, 0) is 24.7 Å². The Morgan fingerprint density at radius 3 is 1.60 bits per heavy atom. The molecule has 0 fully saturated rings. The zero-order chi connectivity index (χ0) is 8.15. The van der Waals surface area contributed by atoms with Gasteiger partial charge in [0.15, 0.2) is 0 Å². The van der Waals surface area contributed by atoms with Crippen molar-refractivity contribution in [3.05, 3.63) is 12.2 Å². The van der Waals surface area contributed by atoms with E-state index < -0.39 is 0 Å². The molecule has 0 nitrogen and oxygen atoms in total. The zero-order valence-corrected chi connectivity index (χ0v) is 7.78. The van der Waals surface area contributed by atoms with E-state index in [2.05, 4.69) is 34.3 Å². The van der Waals surface area contributed by atoms with E-state index in [4.69, 9.17) is 0 Å². The van der Waals surface area contributed by atoms with E-state index in [1.165, 1.54) is 18.4 Å². The van der Waals surface area contributed by atoms with Crippen LogP contribution >= 0.6 is 0 Å². The minimum absolute atomic E-state index is 0.704. The van der Waals surface area contributed by atoms with Gasteiger partial charge in [0.05, 0.1) is 0 Å². The molecule has 0 aromatic carbocycles. The average Bonchev–Trinajstić information content (AvgIpc) is 2.00. The van der Waals surface area contributed by atoms with Crippen LogP contribution in [0.25, 0.3) is 0 Å². The van der Waals surface area contributed by atoms with E-state index in [1.807, 2.05) is 0 Å². The molecule has 0 bridgehead atoms. The average molecular weight is 140 g/mol. The van der Waals surface area contributed by atoms with Crippen molar-refractivity contribution in [2.45, 2.75) is 40.5 Å². The molecule has 0 spiro atoms. The van der Waals surface area contributed by atoms with Gasteiger partial charge in [0.1, 0.15) is 0 Å². The molecule has 0 N–H and O–H groups in total. The van der Waals surface area contributed by atoms with E-state index in [-0.39, 0.29) is 0 Å². The topological polar surface area (TPSA) is 0 Å². The van der Waals surface area contributed by atoms with Crippen molar-refractivity contribution in [2.24, 2.45) is 11.8 Å². The maximum absolute atomic E-state index is 4.10. The summed E-state index contributed by atoms with van der Waals surface area (Å²) < 4.78 is 0. The van der Waals surface area contributed by atoms with Gasteiger partial charge < -0.3 is 0 Å². The maximum Gasteiger partial charge on any atom is -0.0234 e. The fourth-order valence-electron chi connectivity index (χ4n) is 1.01. The van der Waals surface area contributed by atoms with Crippen LogP contribution in [-0.4, -0.2) is 0 Å². The fraction of sp³-hybridized carbons (Fsp3) is 0.800. The first-order chi connectivity index (χ1) is 4.63. The normalized spacial score (nSPS) is 16.4. The second-order valence-corrected chi connectivity index (χ2v) is 3.19. The monoisotopic (exact) mass is 140 g/mol. The minimum atomic E-state index is 0.704. The second-order valence-electron chi connectivity index (χ2n) is 3.19. The molecule has 0 heterocycles. The van der Waals surface area contributed by atoms with Crippen LogP contribution in [0, 0.1) is 11.8 Å². The predicted molar refractivity (Wildman–Crippen MR) is 48.1 cm³/mol. The van der Waals surface area contributed by atoms with E-state index in [1.54, 1.807) is 0 Å². The van der Waals surface area contributed by atoms with Crippen molar-refractivity contribution in [1.29, 1.82) is 0 Å². The molecule has 0 heteroatoms. The first kappa shape index (κ1) is 9.74. The van der Waals surface area contributed by atoms with E-state index in [0.717, 1.165) is 0 Å². The Bertz CT molecular complexity index is 90.6. The van der Waals surface area contributed by atoms with Crippen molar-refractivity contribution in [1.82, 2.24) is 0 Å². The molecule has 0 aromatic rings. The summed E-state index contributed by atoms with van der Waals surface area (Å²) in [7, 11) is 0. The summed E-state index contributed by atoms with van der Waals surface area (Å²) in [6.45, 7) is 13.1. The molecule has 2 atom stereocenters. The van der Waals surface area contributed by atoms with Gasteiger partial charge >= 0.3 is 0 Å². The molecule has 0 saturated heterocycles. The van der Waals surface area contributed by atoms with Crippen LogP contribution in [-0.2, 0) is 0 Å². The van der Waals surface area contributed by atoms with Gasteiger partial charge in [0.25, 0.3) is 0 Å². The molecule has 0 aliphatic carbocycles. The third kappa shape index (κ3) is 2.55. The molecule has 0 amide bonds. The van der Waals surface area contributed by atoms with Gasteiger partial charge in [-0.2, -0.15) is 0 Å². The highest BCUT2D eigenvalue weighted by molar-refractivity contribution is 5.02. The lowest BCUT2D eigenvalue weighted by Crippen LogP contribution is -2.05. The summed E-state index contributed by atoms with van der Waals surface area (Å²) in [5, 5.41) is 0. The summed E-state index contributed by atoms with van der Waals surface area (Å²) in [6.07, 6.45) is 2.45. The number of hydrogen-bond acceptors (Lipinski definition) is 0. The molecule has 0 aliphatic heterocycles. The summed E-state index contributed by atoms with van der Waals surface area (Å²) in [4.78, 5) is 0. The lowest BCUT2D eigenvalue weighted by Gasteiger charge is -2.17. The molecule has 0 aromatic heterocycles. The Morgan fingerprint density at radius 1 is 1.10 bits per heavy atom. The molecule has 0 aliphatic rings. The van der Waals surface area contributed by atoms with Crippen molar-refractivity contribution >= 4 is 0 Å². The number of allylic oxidation sites excluding steroid dienone is 1. The summed E-state index contributed by atoms with van der Waals surface area (Å²) in [5.74, 6) is 1.41. The SMILES string of the molecule is C=C([C@@H](C)CC)[C@@H](C)CC. The first-order valence-corrected chi connectivity index (χ1v) is 4.32. The van der Waals surface area contributed by atoms with Crippen LogP contribution in [0.4, 0.5) is 0 Å². The highest BCUT2D eigenvalue weighted by Gasteiger charge is 2.09. The van der Waals surface area contributed by atoms with Crippen LogP contribution < -0.4 is 0 Å². The predicted octanol–water partition coefficient (Wildman–Crippen LogP) is 3.63. The highest BCUT2D eigenvalue weighted by Crippen LogP contribution is 2.22. The van der Waals surface area contributed by atoms with Crippen LogP contribution in [0.1, 0.15) is 40.5 Å². The first-order valence-electron chi connectivity index (χ1n) is 4.32. The molecule has 0 saturated carbocycles. The smallest absolute Gasteiger partial charge is 0.0234 e. The zero-order valence-electron chi connectivity index (χ0n) is 7.78. The van der Waals surface area contributed by atoms with Crippen molar-refractivity contribution < 1.29 is 0 Å². The molecular formula is C10H20. The Morgan fingerprint density at radius 2 is 1.40 bits per heavy atom. The van der Waals surface area contributed by atoms with Gasteiger partial charge in [-0.25, -0.2) is 0 Å². The highest BCUT2D eigenvalue weighted by atomic mass is 14.1. The lowest BCUT2D eigenvalue weighted by molar-refractivity contribution is 0.533. The van der Waals surface area contributed by atoms with Crippen LogP contribution in [0.5, 0.6) is 0 Å². The molecule has 10 heavy (non-hydrogen) atoms. The molecule has 60 valence electrons. The van der Waals surface area contributed by atoms with Gasteiger partial charge in [-0.1, -0.05) is 39.8 Å². The molecule has 0 unspecified atom stereocenters. The Kier molecular flexibility index (Phi) is 4.42. The Labute approximate surface area is 65.3 Å². The van der Waals surface area contributed by atoms with E-state index in [0.29, 0.717) is 11.8 Å². The molecule has 0 radical (unpaired) electrons. The fourth-order valence-corrected chi connectivity index (χ4v) is 1.01. The van der Waals surface area contributed by atoms with E-state index >= 15 is 0 Å². The summed E-state index contributed by atoms with van der Waals surface area (Å²) >= 11 is 0. The van der Waals surface area contributed by atoms with Crippen molar-refractivity contribution in [3.8, 4) is 0 Å². The third-order valence-corrected chi connectivity index (χ3v) is 2.49. The summed E-state index contributed by atoms with van der Waals surface area (Å²) in [5.41, 5.74) is 1.42. The second kappa shape index (κ2) is 4.54. The van der Waals surface area contributed by atoms with Crippen molar-refractivity contribution in [2.75, 3.05) is 0 Å². The van der Waals surface area contributed by atoms with Gasteiger partial charge in [0, 0.05) is 0 Å². The lowest BCUT2D eigenvalue weighted by atomic mass is 9.88. The van der Waals surface area contributed by atoms with Gasteiger partial charge in [0.2, 0.25) is 0 Å². The standard InChI is InChI=1S/C10H20/c1-6-8(3)10(5)9(4)7-2/h8-9H,5-7H2,1-4H3/t8-,9-/m0/s1. The number of rotatable bonds is 4. The van der Waals surface area contributed by atoms with Crippen LogP contribution in [0.3, 0.4) is 0 Å². The molecule has 0 rings (SSSR count). The van der Waals surface area contributed by atoms with Crippen LogP contribution in [0.15, 0.2) is 12.2 Å². The Balaban J connectivity index is 3.82. The minimum Gasteiger partial charge on any atom is -0.0993 e. The maximum atomic E-state index is 4.10. The third-order valence-electron chi connectivity index (χ3n) is 2.49. The quantitative estimate of drug-likeness (QED) is 0.523. The largest absolute Gasteiger partial charge is 0.0993 e. The van der Waals surface area contributed by atoms with Crippen molar-refractivity contribution in [3.63, 3.8) is 0 Å². The van der Waals surface area contributed by atoms with E-state index in [9.17, 15) is 0 Å². The summed E-state index contributed by atoms with van der Waals surface area (Å²) in [6, 6.07) is 0. The molecular weight excluding hydrogens is 120 g/mol. The van der Waals surface area contributed by atoms with Crippen LogP contribution in [0.2, 0.25) is 0 Å². The van der Waals surface area contributed by atoms with Gasteiger partial charge in [-0.15, -0.1) is 0 Å². The Hall–Kier alpha value is -0.260.